The van der Waals surface area contributed by atoms with Crippen molar-refractivity contribution in [2.24, 2.45) is 0 Å². The van der Waals surface area contributed by atoms with E-state index in [0.29, 0.717) is 18.6 Å². The number of carbonyl (C=O) groups is 2. The number of rotatable bonds is 11. The Hall–Kier alpha value is -4.06. The van der Waals surface area contributed by atoms with E-state index in [-0.39, 0.29) is 36.0 Å². The van der Waals surface area contributed by atoms with E-state index in [0.717, 1.165) is 38.5 Å². The van der Waals surface area contributed by atoms with Gasteiger partial charge in [-0.1, -0.05) is 47.0 Å². The van der Waals surface area contributed by atoms with Gasteiger partial charge >= 0.3 is 11.9 Å². The van der Waals surface area contributed by atoms with Crippen LogP contribution in [0.4, 0.5) is 11.4 Å². The molecule has 0 amide bonds. The quantitative estimate of drug-likeness (QED) is 0.118. The first kappa shape index (κ1) is 37.5. The zero-order valence-electron chi connectivity index (χ0n) is 20.4. The Morgan fingerprint density at radius 1 is 0.784 bits per heavy atom. The van der Waals surface area contributed by atoms with Crippen LogP contribution in [0.2, 0.25) is 0 Å². The van der Waals surface area contributed by atoms with Crippen molar-refractivity contribution in [1.82, 2.24) is 0 Å². The van der Waals surface area contributed by atoms with Crippen LogP contribution in [0.1, 0.15) is 72.6 Å². The van der Waals surface area contributed by atoms with Crippen LogP contribution in [0.25, 0.3) is 0 Å². The van der Waals surface area contributed by atoms with Crippen molar-refractivity contribution in [2.75, 3.05) is 0 Å². The van der Waals surface area contributed by atoms with Gasteiger partial charge in [-0.05, 0) is 37.1 Å². The van der Waals surface area contributed by atoms with Crippen molar-refractivity contribution in [3.8, 4) is 11.5 Å². The van der Waals surface area contributed by atoms with Crippen LogP contribution in [0, 0.1) is 20.2 Å². The standard InChI is InChI=1S/C12H15NO4.C6H5NO3.C6H12O2.CH4.H2O/c1-2-3-4-5-12(14)17-11-8-6-10(7-9-11)13(15)16;8-6-3-1-5(2-4-6)7(9)10;1-2-3-4-5-6(7)8;;/h6-9H,2-5H2,1H3;1-4,8H;2-5H2,1H3,(H,7,8);1H4;1H2. The van der Waals surface area contributed by atoms with E-state index in [1.807, 2.05) is 0 Å². The number of ether oxygens (including phenoxy) is 1. The minimum Gasteiger partial charge on any atom is -0.508 e. The van der Waals surface area contributed by atoms with E-state index in [1.165, 1.54) is 48.5 Å². The third-order valence-corrected chi connectivity index (χ3v) is 4.32. The second kappa shape index (κ2) is 22.4. The van der Waals surface area contributed by atoms with Crippen LogP contribution in [0.3, 0.4) is 0 Å². The van der Waals surface area contributed by atoms with Crippen molar-refractivity contribution in [1.29, 1.82) is 0 Å². The van der Waals surface area contributed by atoms with Gasteiger partial charge in [0.05, 0.1) is 9.85 Å². The highest BCUT2D eigenvalue weighted by Crippen LogP contribution is 2.18. The van der Waals surface area contributed by atoms with Gasteiger partial charge in [-0.2, -0.15) is 0 Å². The summed E-state index contributed by atoms with van der Waals surface area (Å²) in [5.41, 5.74) is -0.0337. The number of benzene rings is 2. The molecule has 0 spiro atoms. The van der Waals surface area contributed by atoms with Crippen molar-refractivity contribution in [3.05, 3.63) is 68.8 Å². The van der Waals surface area contributed by atoms with Crippen LogP contribution in [0.15, 0.2) is 48.5 Å². The van der Waals surface area contributed by atoms with Crippen LogP contribution < -0.4 is 4.74 Å². The molecule has 0 aliphatic carbocycles. The first-order chi connectivity index (χ1) is 16.6. The highest BCUT2D eigenvalue weighted by molar-refractivity contribution is 5.72. The predicted octanol–water partition coefficient (Wildman–Crippen LogP) is 5.84. The van der Waals surface area contributed by atoms with Crippen molar-refractivity contribution in [2.45, 2.75) is 72.6 Å². The molecule has 208 valence electrons. The number of carboxylic acid groups (broad SMARTS) is 1. The number of nitro benzene ring substituents is 2. The predicted molar refractivity (Wildman–Crippen MR) is 140 cm³/mol. The van der Waals surface area contributed by atoms with Gasteiger partial charge in [0.15, 0.2) is 0 Å². The third kappa shape index (κ3) is 19.9. The number of hydrogen-bond donors (Lipinski definition) is 2. The van der Waals surface area contributed by atoms with Crippen LogP contribution in [0.5, 0.6) is 11.5 Å². The summed E-state index contributed by atoms with van der Waals surface area (Å²) >= 11 is 0. The van der Waals surface area contributed by atoms with Crippen LogP contribution in [-0.4, -0.2) is 37.5 Å². The van der Waals surface area contributed by atoms with Crippen molar-refractivity contribution < 1.29 is 39.9 Å². The molecule has 4 N–H and O–H groups in total. The summed E-state index contributed by atoms with van der Waals surface area (Å²) in [6.07, 6.45) is 6.51. The molecule has 2 aromatic carbocycles. The maximum absolute atomic E-state index is 11.3. The number of aliphatic carboxylic acids is 1. The third-order valence-electron chi connectivity index (χ3n) is 4.32. The lowest BCUT2D eigenvalue weighted by molar-refractivity contribution is -0.385. The number of carbonyl (C=O) groups excluding carboxylic acids is 1. The van der Waals surface area contributed by atoms with Gasteiger partial charge in [0.2, 0.25) is 0 Å². The molecular formula is C25H38N2O10. The molecule has 12 nitrogen and oxygen atoms in total. The molecule has 0 aliphatic rings. The molecule has 37 heavy (non-hydrogen) atoms. The van der Waals surface area contributed by atoms with Crippen LogP contribution in [-0.2, 0) is 9.59 Å². The van der Waals surface area contributed by atoms with Crippen molar-refractivity contribution in [3.63, 3.8) is 0 Å². The number of phenolic OH excluding ortho intramolecular Hbond substituents is 1. The minimum absolute atomic E-state index is 0. The van der Waals surface area contributed by atoms with E-state index >= 15 is 0 Å². The second-order valence-electron chi connectivity index (χ2n) is 7.31. The van der Waals surface area contributed by atoms with Gasteiger partial charge in [0, 0.05) is 37.1 Å². The van der Waals surface area contributed by atoms with E-state index in [2.05, 4.69) is 13.8 Å². The average molecular weight is 527 g/mol. The molecule has 0 aromatic heterocycles. The molecule has 0 atom stereocenters. The Bertz CT molecular complexity index is 916. The summed E-state index contributed by atoms with van der Waals surface area (Å²) < 4.78 is 5.03. The summed E-state index contributed by atoms with van der Waals surface area (Å²) in [4.78, 5) is 40.7. The maximum atomic E-state index is 11.3. The fraction of sp³-hybridized carbons (Fsp3) is 0.440. The number of nitro groups is 2. The Balaban J connectivity index is -0.000000497. The lowest BCUT2D eigenvalue weighted by Crippen LogP contribution is -2.07. The number of phenols is 1. The molecule has 0 fully saturated rings. The molecule has 0 bridgehead atoms. The number of esters is 1. The lowest BCUT2D eigenvalue weighted by Gasteiger charge is -2.03. The fourth-order valence-corrected chi connectivity index (χ4v) is 2.44. The van der Waals surface area contributed by atoms with Gasteiger partial charge in [-0.3, -0.25) is 29.8 Å². The summed E-state index contributed by atoms with van der Waals surface area (Å²) in [5, 5.41) is 37.3. The summed E-state index contributed by atoms with van der Waals surface area (Å²) in [6, 6.07) is 10.5. The highest BCUT2D eigenvalue weighted by Gasteiger charge is 2.07. The molecule has 12 heteroatoms. The minimum atomic E-state index is -0.682. The topological polar surface area (TPSA) is 202 Å². The molecule has 0 aliphatic heterocycles. The zero-order chi connectivity index (χ0) is 26.6. The van der Waals surface area contributed by atoms with E-state index in [9.17, 15) is 29.8 Å². The number of non-ortho nitro benzene ring substituents is 2. The number of carboxylic acids is 1. The average Bonchev–Trinajstić information content (AvgIpc) is 2.81. The van der Waals surface area contributed by atoms with Crippen molar-refractivity contribution >= 4 is 23.3 Å². The molecule has 2 aromatic rings. The molecule has 0 saturated carbocycles. The first-order valence-corrected chi connectivity index (χ1v) is 11.2. The Kier molecular flexibility index (Phi) is 22.7. The number of aromatic hydroxyl groups is 1. The Morgan fingerprint density at radius 2 is 1.19 bits per heavy atom. The molecule has 0 heterocycles. The van der Waals surface area contributed by atoms with Gasteiger partial charge in [0.25, 0.3) is 11.4 Å². The summed E-state index contributed by atoms with van der Waals surface area (Å²) in [6.45, 7) is 4.11. The SMILES string of the molecule is C.CCCCCC(=O)O.CCCCCC(=O)Oc1ccc([N+](=O)[O-])cc1.O.O=[N+]([O-])c1ccc(O)cc1. The van der Waals surface area contributed by atoms with E-state index < -0.39 is 15.8 Å². The zero-order valence-corrected chi connectivity index (χ0v) is 20.4. The van der Waals surface area contributed by atoms with Gasteiger partial charge in [0.1, 0.15) is 11.5 Å². The number of unbranched alkanes of at least 4 members (excludes halogenated alkanes) is 4. The second-order valence-corrected chi connectivity index (χ2v) is 7.31. The Morgan fingerprint density at radius 3 is 1.57 bits per heavy atom. The van der Waals surface area contributed by atoms with Crippen LogP contribution >= 0.6 is 0 Å². The van der Waals surface area contributed by atoms with E-state index in [4.69, 9.17) is 14.9 Å². The highest BCUT2D eigenvalue weighted by atomic mass is 16.6. The normalized spacial score (nSPS) is 9.03. The monoisotopic (exact) mass is 526 g/mol. The fourth-order valence-electron chi connectivity index (χ4n) is 2.44. The van der Waals surface area contributed by atoms with Gasteiger partial charge in [-0.25, -0.2) is 0 Å². The summed E-state index contributed by atoms with van der Waals surface area (Å²) in [5.74, 6) is -0.603. The maximum Gasteiger partial charge on any atom is 0.311 e. The molecule has 0 saturated heterocycles. The smallest absolute Gasteiger partial charge is 0.311 e. The lowest BCUT2D eigenvalue weighted by atomic mass is 10.2. The largest absolute Gasteiger partial charge is 0.508 e. The molecule has 0 radical (unpaired) electrons. The number of nitrogens with zero attached hydrogens (tertiary/aromatic N) is 2. The van der Waals surface area contributed by atoms with Gasteiger partial charge in [-0.15, -0.1) is 0 Å². The molecule has 0 unspecified atom stereocenters. The Labute approximate surface area is 216 Å². The summed E-state index contributed by atoms with van der Waals surface area (Å²) in [7, 11) is 0. The van der Waals surface area contributed by atoms with Gasteiger partial charge < -0.3 is 20.4 Å². The van der Waals surface area contributed by atoms with E-state index in [1.54, 1.807) is 0 Å². The number of hydrogen-bond acceptors (Lipinski definition) is 8. The molecule has 2 rings (SSSR count). The molecular weight excluding hydrogens is 488 g/mol. The first-order valence-electron chi connectivity index (χ1n) is 11.2.